The molecule has 33 heavy (non-hydrogen) atoms. The van der Waals surface area contributed by atoms with Crippen molar-refractivity contribution in [1.82, 2.24) is 19.9 Å². The summed E-state index contributed by atoms with van der Waals surface area (Å²) in [5.74, 6) is 0.716. The molecule has 0 radical (unpaired) electrons. The summed E-state index contributed by atoms with van der Waals surface area (Å²) in [4.78, 5) is 34.6. The van der Waals surface area contributed by atoms with E-state index >= 15 is 0 Å². The van der Waals surface area contributed by atoms with Gasteiger partial charge in [0.1, 0.15) is 18.1 Å². The second-order valence-corrected chi connectivity index (χ2v) is 8.29. The quantitative estimate of drug-likeness (QED) is 0.491. The summed E-state index contributed by atoms with van der Waals surface area (Å²) in [6, 6.07) is 11.3. The highest BCUT2D eigenvalue weighted by Gasteiger charge is 2.16. The molecule has 1 aliphatic rings. The van der Waals surface area contributed by atoms with Crippen molar-refractivity contribution in [3.8, 4) is 0 Å². The molecular weight excluding hydrogens is 416 g/mol. The fraction of sp³-hybridized carbons (Fsp3) is 0.360. The van der Waals surface area contributed by atoms with Gasteiger partial charge in [0.05, 0.1) is 18.3 Å². The maximum atomic E-state index is 13.1. The van der Waals surface area contributed by atoms with Crippen LogP contribution in [0.3, 0.4) is 0 Å². The first-order valence-corrected chi connectivity index (χ1v) is 11.4. The van der Waals surface area contributed by atoms with E-state index in [0.717, 1.165) is 48.6 Å². The van der Waals surface area contributed by atoms with E-state index in [2.05, 4.69) is 32.0 Å². The molecule has 3 aromatic heterocycles. The monoisotopic (exact) mass is 446 g/mol. The minimum Gasteiger partial charge on any atom is -0.375 e. The van der Waals surface area contributed by atoms with Gasteiger partial charge in [0.25, 0.3) is 5.56 Å². The number of amides is 1. The smallest absolute Gasteiger partial charge is 0.274 e. The van der Waals surface area contributed by atoms with Crippen LogP contribution in [-0.4, -0.2) is 27.0 Å². The van der Waals surface area contributed by atoms with Crippen LogP contribution in [0.1, 0.15) is 48.3 Å². The second-order valence-electron chi connectivity index (χ2n) is 8.29. The number of pyridine rings is 3. The third kappa shape index (κ3) is 5.39. The summed E-state index contributed by atoms with van der Waals surface area (Å²) in [6.07, 6.45) is 6.34. The van der Waals surface area contributed by atoms with E-state index in [1.54, 1.807) is 18.5 Å². The van der Waals surface area contributed by atoms with Crippen LogP contribution < -0.4 is 21.5 Å². The zero-order valence-corrected chi connectivity index (χ0v) is 19.1. The lowest BCUT2D eigenvalue weighted by Gasteiger charge is -2.19. The Morgan fingerprint density at radius 3 is 2.91 bits per heavy atom. The van der Waals surface area contributed by atoms with Gasteiger partial charge in [0.2, 0.25) is 5.91 Å². The fourth-order valence-electron chi connectivity index (χ4n) is 4.04. The van der Waals surface area contributed by atoms with Crippen molar-refractivity contribution in [3.63, 3.8) is 0 Å². The molecule has 0 saturated heterocycles. The maximum absolute atomic E-state index is 13.1. The number of hydrogen-bond acceptors (Lipinski definition) is 6. The molecule has 4 heterocycles. The Bertz CT molecular complexity index is 1180. The summed E-state index contributed by atoms with van der Waals surface area (Å²) in [6.45, 7) is 5.15. The Morgan fingerprint density at radius 2 is 2.12 bits per heavy atom. The van der Waals surface area contributed by atoms with Crippen LogP contribution in [0.5, 0.6) is 0 Å². The molecule has 0 aliphatic carbocycles. The molecule has 0 spiro atoms. The molecule has 1 amide bonds. The molecule has 8 nitrogen and oxygen atoms in total. The highest BCUT2D eigenvalue weighted by atomic mass is 16.2. The highest BCUT2D eigenvalue weighted by molar-refractivity contribution is 5.76. The van der Waals surface area contributed by atoms with Crippen LogP contribution in [0.25, 0.3) is 0 Å². The summed E-state index contributed by atoms with van der Waals surface area (Å²) in [5.41, 5.74) is 3.97. The molecule has 8 heteroatoms. The number of hydrogen-bond donors (Lipinski definition) is 3. The van der Waals surface area contributed by atoms with Gasteiger partial charge in [-0.3, -0.25) is 14.6 Å². The normalized spacial score (nSPS) is 13.5. The number of carbonyl (C=O) groups is 1. The number of nitrogens with one attached hydrogen (secondary N) is 3. The highest BCUT2D eigenvalue weighted by Crippen LogP contribution is 2.20. The van der Waals surface area contributed by atoms with Gasteiger partial charge in [-0.25, -0.2) is 4.98 Å². The molecule has 0 aromatic carbocycles. The van der Waals surface area contributed by atoms with Gasteiger partial charge in [-0.15, -0.1) is 0 Å². The predicted octanol–water partition coefficient (Wildman–Crippen LogP) is 3.18. The minimum absolute atomic E-state index is 0.0437. The number of fused-ring (bicyclic) bond motifs is 1. The lowest BCUT2D eigenvalue weighted by molar-refractivity contribution is -0.122. The molecule has 172 valence electrons. The van der Waals surface area contributed by atoms with Gasteiger partial charge in [-0.2, -0.15) is 0 Å². The first-order valence-electron chi connectivity index (χ1n) is 11.4. The lowest BCUT2D eigenvalue weighted by Crippen LogP contribution is -2.36. The van der Waals surface area contributed by atoms with Crippen molar-refractivity contribution in [1.29, 1.82) is 0 Å². The molecule has 0 fully saturated rings. The number of nitrogens with zero attached hydrogens (tertiary/aromatic N) is 3. The molecule has 4 rings (SSSR count). The van der Waals surface area contributed by atoms with Gasteiger partial charge in [0.15, 0.2) is 0 Å². The lowest BCUT2D eigenvalue weighted by atomic mass is 10.1. The standard InChI is InChI=1S/C25H30N6O2/c1-3-21(19-7-4-12-26-14-19)30-23(32)16-31-17(2)8-11-22(25(31)33)28-15-20-10-9-18-6-5-13-27-24(18)29-20/h4,7-12,14,21,28H,3,5-6,13,15-16H2,1-2H3,(H,27,29)(H,30,32)/t21-/m0/s1. The third-order valence-electron chi connectivity index (χ3n) is 5.94. The SMILES string of the molecule is CC[C@H](NC(=O)Cn1c(C)ccc(NCc2ccc3c(n2)NCCC3)c1=O)c1cccnc1. The van der Waals surface area contributed by atoms with Crippen molar-refractivity contribution in [2.45, 2.75) is 52.2 Å². The first-order chi connectivity index (χ1) is 16.0. The van der Waals surface area contributed by atoms with Crippen molar-refractivity contribution in [2.24, 2.45) is 0 Å². The van der Waals surface area contributed by atoms with E-state index in [0.29, 0.717) is 12.2 Å². The molecule has 0 bridgehead atoms. The van der Waals surface area contributed by atoms with Crippen molar-refractivity contribution >= 4 is 17.4 Å². The number of anilines is 2. The predicted molar refractivity (Wildman–Crippen MR) is 129 cm³/mol. The van der Waals surface area contributed by atoms with Crippen LogP contribution in [0.15, 0.2) is 53.6 Å². The minimum atomic E-state index is -0.226. The number of rotatable bonds is 8. The number of aromatic nitrogens is 3. The van der Waals surface area contributed by atoms with Crippen LogP contribution >= 0.6 is 0 Å². The van der Waals surface area contributed by atoms with E-state index < -0.39 is 0 Å². The van der Waals surface area contributed by atoms with Gasteiger partial charge >= 0.3 is 0 Å². The fourth-order valence-corrected chi connectivity index (χ4v) is 4.04. The van der Waals surface area contributed by atoms with E-state index in [-0.39, 0.29) is 24.1 Å². The molecule has 0 unspecified atom stereocenters. The van der Waals surface area contributed by atoms with E-state index in [9.17, 15) is 9.59 Å². The zero-order chi connectivity index (χ0) is 23.2. The summed E-state index contributed by atoms with van der Waals surface area (Å²) in [7, 11) is 0. The van der Waals surface area contributed by atoms with Crippen molar-refractivity contribution in [3.05, 3.63) is 81.7 Å². The van der Waals surface area contributed by atoms with Gasteiger partial charge in [-0.05, 0) is 61.6 Å². The van der Waals surface area contributed by atoms with Gasteiger partial charge in [-0.1, -0.05) is 19.1 Å². The van der Waals surface area contributed by atoms with E-state index in [1.165, 1.54) is 10.1 Å². The van der Waals surface area contributed by atoms with Gasteiger partial charge < -0.3 is 20.5 Å². The average molecular weight is 447 g/mol. The van der Waals surface area contributed by atoms with E-state index in [1.807, 2.05) is 38.1 Å². The largest absolute Gasteiger partial charge is 0.375 e. The van der Waals surface area contributed by atoms with Crippen LogP contribution in [0, 0.1) is 6.92 Å². The third-order valence-corrected chi connectivity index (χ3v) is 5.94. The van der Waals surface area contributed by atoms with E-state index in [4.69, 9.17) is 0 Å². The summed E-state index contributed by atoms with van der Waals surface area (Å²) in [5, 5.41) is 9.54. The summed E-state index contributed by atoms with van der Waals surface area (Å²) < 4.78 is 1.50. The van der Waals surface area contributed by atoms with Crippen LogP contribution in [0.2, 0.25) is 0 Å². The topological polar surface area (TPSA) is 101 Å². The second kappa shape index (κ2) is 10.3. The van der Waals surface area contributed by atoms with Crippen molar-refractivity contribution in [2.75, 3.05) is 17.2 Å². The van der Waals surface area contributed by atoms with Gasteiger partial charge in [0, 0.05) is 24.6 Å². The molecule has 1 atom stereocenters. The number of aryl methyl sites for hydroxylation is 2. The molecule has 1 aliphatic heterocycles. The Labute approximate surface area is 193 Å². The zero-order valence-electron chi connectivity index (χ0n) is 19.1. The molecular formula is C25H30N6O2. The molecule has 3 aromatic rings. The maximum Gasteiger partial charge on any atom is 0.274 e. The number of carbonyl (C=O) groups excluding carboxylic acids is 1. The Balaban J connectivity index is 1.44. The molecule has 3 N–H and O–H groups in total. The molecule has 0 saturated carbocycles. The Hall–Kier alpha value is -3.68. The Morgan fingerprint density at radius 1 is 1.24 bits per heavy atom. The Kier molecular flexibility index (Phi) is 7.02. The summed E-state index contributed by atoms with van der Waals surface area (Å²) >= 11 is 0. The van der Waals surface area contributed by atoms with Crippen molar-refractivity contribution < 1.29 is 4.79 Å². The van der Waals surface area contributed by atoms with Crippen LogP contribution in [-0.2, 0) is 24.3 Å². The first kappa shape index (κ1) is 22.5. The average Bonchev–Trinajstić information content (AvgIpc) is 2.85. The van der Waals surface area contributed by atoms with Crippen LogP contribution in [0.4, 0.5) is 11.5 Å².